The lowest BCUT2D eigenvalue weighted by molar-refractivity contribution is -0.114. The van der Waals surface area contributed by atoms with Gasteiger partial charge in [0.25, 0.3) is 10.0 Å². The number of nitrogens with zero attached hydrogens (tertiary/aromatic N) is 1. The van der Waals surface area contributed by atoms with E-state index >= 15 is 0 Å². The molecule has 162 valence electrons. The molecule has 7 nitrogen and oxygen atoms in total. The number of anilines is 2. The monoisotopic (exact) mass is 444 g/mol. The van der Waals surface area contributed by atoms with E-state index in [0.717, 1.165) is 4.31 Å². The van der Waals surface area contributed by atoms with Gasteiger partial charge in [0.05, 0.1) is 24.8 Å². The third-order valence-corrected chi connectivity index (χ3v) is 6.19. The Hall–Kier alpha value is -3.59. The van der Waals surface area contributed by atoms with Crippen molar-refractivity contribution in [2.45, 2.75) is 4.90 Å². The molecule has 0 fully saturated rings. The fraction of sp³-hybridized carbons (Fsp3) is 0.136. The van der Waals surface area contributed by atoms with Crippen LogP contribution in [-0.2, 0) is 14.8 Å². The van der Waals surface area contributed by atoms with E-state index in [0.29, 0.717) is 17.2 Å². The highest BCUT2D eigenvalue weighted by atomic mass is 32.2. The first-order chi connectivity index (χ1) is 14.8. The Morgan fingerprint density at radius 2 is 1.58 bits per heavy atom. The first-order valence-corrected chi connectivity index (χ1v) is 10.6. The van der Waals surface area contributed by atoms with Crippen molar-refractivity contribution in [2.75, 3.05) is 30.4 Å². The summed E-state index contributed by atoms with van der Waals surface area (Å²) in [6, 6.07) is 17.5. The maximum absolute atomic E-state index is 13.3. The van der Waals surface area contributed by atoms with Crippen LogP contribution in [0.2, 0.25) is 0 Å². The minimum Gasteiger partial charge on any atom is -0.493 e. The van der Waals surface area contributed by atoms with Crippen molar-refractivity contribution in [3.05, 3.63) is 78.6 Å². The average Bonchev–Trinajstić information content (AvgIpc) is 2.79. The number of carbonyl (C=O) groups excluding carboxylic acids is 1. The number of carbonyl (C=O) groups is 1. The quantitative estimate of drug-likeness (QED) is 0.573. The molecule has 0 saturated heterocycles. The van der Waals surface area contributed by atoms with Gasteiger partial charge in [0.1, 0.15) is 12.4 Å². The van der Waals surface area contributed by atoms with Gasteiger partial charge < -0.3 is 14.8 Å². The summed E-state index contributed by atoms with van der Waals surface area (Å²) in [4.78, 5) is 12.7. The van der Waals surface area contributed by atoms with Crippen molar-refractivity contribution in [1.82, 2.24) is 0 Å². The van der Waals surface area contributed by atoms with E-state index < -0.39 is 28.3 Å². The molecule has 0 heterocycles. The first-order valence-electron chi connectivity index (χ1n) is 9.20. The van der Waals surface area contributed by atoms with Crippen LogP contribution in [0.25, 0.3) is 0 Å². The van der Waals surface area contributed by atoms with Crippen LogP contribution in [0.4, 0.5) is 15.8 Å². The van der Waals surface area contributed by atoms with E-state index in [4.69, 9.17) is 9.47 Å². The van der Waals surface area contributed by atoms with Crippen molar-refractivity contribution >= 4 is 27.3 Å². The summed E-state index contributed by atoms with van der Waals surface area (Å²) in [7, 11) is -1.18. The summed E-state index contributed by atoms with van der Waals surface area (Å²) in [6.07, 6.45) is 0. The summed E-state index contributed by atoms with van der Waals surface area (Å²) in [5, 5.41) is 2.58. The molecule has 1 amide bonds. The summed E-state index contributed by atoms with van der Waals surface area (Å²) in [5.74, 6) is -0.316. The second-order valence-electron chi connectivity index (χ2n) is 6.42. The minimum absolute atomic E-state index is 0.0272. The average molecular weight is 444 g/mol. The van der Waals surface area contributed by atoms with Crippen LogP contribution >= 0.6 is 0 Å². The number of sulfonamides is 1. The molecule has 3 aromatic rings. The third kappa shape index (κ3) is 5.13. The molecule has 0 aliphatic carbocycles. The molecule has 0 atom stereocenters. The summed E-state index contributed by atoms with van der Waals surface area (Å²) >= 11 is 0. The highest BCUT2D eigenvalue weighted by Gasteiger charge is 2.28. The van der Waals surface area contributed by atoms with Crippen molar-refractivity contribution in [3.8, 4) is 11.5 Å². The molecular weight excluding hydrogens is 423 g/mol. The molecule has 3 aromatic carbocycles. The van der Waals surface area contributed by atoms with Crippen LogP contribution in [0.15, 0.2) is 77.7 Å². The number of methoxy groups -OCH3 is 2. The number of benzene rings is 3. The summed E-state index contributed by atoms with van der Waals surface area (Å²) in [5.41, 5.74) is 0.562. The summed E-state index contributed by atoms with van der Waals surface area (Å²) < 4.78 is 51.3. The van der Waals surface area contributed by atoms with Gasteiger partial charge in [-0.3, -0.25) is 9.10 Å². The standard InChI is InChI=1S/C22H21FN2O5S/c1-29-20-13-12-18(14-21(20)30-2)25(31(27,28)19-6-4-3-5-7-19)15-22(26)24-17-10-8-16(23)9-11-17/h3-14H,15H2,1-2H3,(H,24,26). The van der Waals surface area contributed by atoms with E-state index in [9.17, 15) is 17.6 Å². The molecule has 1 N–H and O–H groups in total. The van der Waals surface area contributed by atoms with Gasteiger partial charge in [-0.2, -0.15) is 0 Å². The Bertz CT molecular complexity index is 1150. The predicted octanol–water partition coefficient (Wildman–Crippen LogP) is 3.68. The molecule has 31 heavy (non-hydrogen) atoms. The molecule has 3 rings (SSSR count). The van der Waals surface area contributed by atoms with Gasteiger partial charge in [0, 0.05) is 11.8 Å². The lowest BCUT2D eigenvalue weighted by Crippen LogP contribution is -2.38. The van der Waals surface area contributed by atoms with Crippen LogP contribution in [0.1, 0.15) is 0 Å². The van der Waals surface area contributed by atoms with Crippen molar-refractivity contribution in [2.24, 2.45) is 0 Å². The van der Waals surface area contributed by atoms with Crippen LogP contribution < -0.4 is 19.1 Å². The molecular formula is C22H21FN2O5S. The largest absolute Gasteiger partial charge is 0.493 e. The highest BCUT2D eigenvalue weighted by molar-refractivity contribution is 7.92. The zero-order chi connectivity index (χ0) is 22.4. The van der Waals surface area contributed by atoms with Crippen LogP contribution in [-0.4, -0.2) is 35.1 Å². The number of hydrogen-bond acceptors (Lipinski definition) is 5. The van der Waals surface area contributed by atoms with Gasteiger partial charge in [0.2, 0.25) is 5.91 Å². The number of hydrogen-bond donors (Lipinski definition) is 1. The Morgan fingerprint density at radius 3 is 2.19 bits per heavy atom. The molecule has 0 saturated carbocycles. The predicted molar refractivity (Wildman–Crippen MR) is 116 cm³/mol. The molecule has 0 spiro atoms. The van der Waals surface area contributed by atoms with E-state index in [1.165, 1.54) is 62.8 Å². The van der Waals surface area contributed by atoms with E-state index in [-0.39, 0.29) is 10.6 Å². The van der Waals surface area contributed by atoms with Crippen molar-refractivity contribution < 1.29 is 27.1 Å². The Kier molecular flexibility index (Phi) is 6.76. The van der Waals surface area contributed by atoms with Gasteiger partial charge in [-0.25, -0.2) is 12.8 Å². The third-order valence-electron chi connectivity index (χ3n) is 4.40. The second kappa shape index (κ2) is 9.48. The van der Waals surface area contributed by atoms with Gasteiger partial charge in [-0.1, -0.05) is 18.2 Å². The normalized spacial score (nSPS) is 10.9. The number of halogens is 1. The maximum Gasteiger partial charge on any atom is 0.264 e. The fourth-order valence-corrected chi connectivity index (χ4v) is 4.31. The van der Waals surface area contributed by atoms with E-state index in [1.807, 2.05) is 0 Å². The van der Waals surface area contributed by atoms with Crippen LogP contribution in [0, 0.1) is 5.82 Å². The van der Waals surface area contributed by atoms with Crippen LogP contribution in [0.3, 0.4) is 0 Å². The zero-order valence-corrected chi connectivity index (χ0v) is 17.7. The van der Waals surface area contributed by atoms with Gasteiger partial charge in [-0.05, 0) is 48.5 Å². The fourth-order valence-electron chi connectivity index (χ4n) is 2.88. The highest BCUT2D eigenvalue weighted by Crippen LogP contribution is 2.33. The van der Waals surface area contributed by atoms with Gasteiger partial charge in [0.15, 0.2) is 11.5 Å². The molecule has 0 aromatic heterocycles. The Labute approximate surface area is 180 Å². The lowest BCUT2D eigenvalue weighted by Gasteiger charge is -2.25. The lowest BCUT2D eigenvalue weighted by atomic mass is 10.2. The first kappa shape index (κ1) is 22.1. The molecule has 0 radical (unpaired) electrons. The van der Waals surface area contributed by atoms with E-state index in [2.05, 4.69) is 5.32 Å². The molecule has 9 heteroatoms. The minimum atomic E-state index is -4.08. The van der Waals surface area contributed by atoms with Gasteiger partial charge >= 0.3 is 0 Å². The maximum atomic E-state index is 13.3. The van der Waals surface area contributed by atoms with E-state index in [1.54, 1.807) is 24.3 Å². The number of ether oxygens (including phenoxy) is 2. The number of amides is 1. The Morgan fingerprint density at radius 1 is 0.935 bits per heavy atom. The SMILES string of the molecule is COc1ccc(N(CC(=O)Nc2ccc(F)cc2)S(=O)(=O)c2ccccc2)cc1OC. The number of nitrogens with one attached hydrogen (secondary N) is 1. The zero-order valence-electron chi connectivity index (χ0n) is 16.9. The Balaban J connectivity index is 1.98. The van der Waals surface area contributed by atoms with Gasteiger partial charge in [-0.15, -0.1) is 0 Å². The second-order valence-corrected chi connectivity index (χ2v) is 8.28. The van der Waals surface area contributed by atoms with Crippen molar-refractivity contribution in [1.29, 1.82) is 0 Å². The molecule has 0 aliphatic heterocycles. The van der Waals surface area contributed by atoms with Crippen LogP contribution in [0.5, 0.6) is 11.5 Å². The summed E-state index contributed by atoms with van der Waals surface area (Å²) in [6.45, 7) is -0.510. The van der Waals surface area contributed by atoms with Crippen molar-refractivity contribution in [3.63, 3.8) is 0 Å². The number of rotatable bonds is 8. The molecule has 0 unspecified atom stereocenters. The smallest absolute Gasteiger partial charge is 0.264 e. The molecule has 0 bridgehead atoms. The molecule has 0 aliphatic rings. The topological polar surface area (TPSA) is 84.9 Å².